The van der Waals surface area contributed by atoms with E-state index in [1.165, 1.54) is 13.2 Å². The first-order chi connectivity index (χ1) is 15.0. The average Bonchev–Trinajstić information content (AvgIpc) is 3.31. The molecule has 31 heavy (non-hydrogen) atoms. The van der Waals surface area contributed by atoms with Crippen LogP contribution in [0.1, 0.15) is 43.9 Å². The molecule has 8 nitrogen and oxygen atoms in total. The van der Waals surface area contributed by atoms with Crippen molar-refractivity contribution < 1.29 is 23.9 Å². The molecule has 1 aliphatic heterocycles. The summed E-state index contributed by atoms with van der Waals surface area (Å²) in [4.78, 5) is 36.2. The minimum Gasteiger partial charge on any atom is -0.465 e. The molecule has 1 saturated heterocycles. The Morgan fingerprint density at radius 1 is 1.06 bits per heavy atom. The lowest BCUT2D eigenvalue weighted by Crippen LogP contribution is -2.34. The summed E-state index contributed by atoms with van der Waals surface area (Å²) in [5, 5.41) is 8.39. The summed E-state index contributed by atoms with van der Waals surface area (Å²) < 4.78 is 10.1. The summed E-state index contributed by atoms with van der Waals surface area (Å²) in [5.41, 5.74) is 1.66. The molecule has 1 heterocycles. The summed E-state index contributed by atoms with van der Waals surface area (Å²) in [6.07, 6.45) is 2.06. The number of esters is 1. The van der Waals surface area contributed by atoms with E-state index in [1.54, 1.807) is 42.5 Å². The Morgan fingerprint density at radius 2 is 1.81 bits per heavy atom. The number of nitrogens with one attached hydrogen (secondary N) is 3. The van der Waals surface area contributed by atoms with Gasteiger partial charge in [0.05, 0.1) is 18.8 Å². The predicted molar refractivity (Wildman–Crippen MR) is 119 cm³/mol. The van der Waals surface area contributed by atoms with Crippen molar-refractivity contribution in [2.75, 3.05) is 25.6 Å². The van der Waals surface area contributed by atoms with E-state index < -0.39 is 11.9 Å². The Hall–Kier alpha value is -3.30. The van der Waals surface area contributed by atoms with Gasteiger partial charge < -0.3 is 20.1 Å². The van der Waals surface area contributed by atoms with E-state index in [9.17, 15) is 14.4 Å². The van der Waals surface area contributed by atoms with Crippen LogP contribution in [-0.4, -0.2) is 49.3 Å². The molecule has 1 aliphatic rings. The Balaban J connectivity index is 1.51. The van der Waals surface area contributed by atoms with Crippen LogP contribution in [0.5, 0.6) is 0 Å². The first-order valence-electron chi connectivity index (χ1n) is 9.77. The highest BCUT2D eigenvalue weighted by Gasteiger charge is 2.17. The highest BCUT2D eigenvalue weighted by Crippen LogP contribution is 2.13. The van der Waals surface area contributed by atoms with Crippen LogP contribution in [0.25, 0.3) is 0 Å². The van der Waals surface area contributed by atoms with Gasteiger partial charge in [-0.2, -0.15) is 0 Å². The summed E-state index contributed by atoms with van der Waals surface area (Å²) in [6.45, 7) is 1.24. The maximum Gasteiger partial charge on any atom is 0.337 e. The van der Waals surface area contributed by atoms with Crippen molar-refractivity contribution in [3.63, 3.8) is 0 Å². The lowest BCUT2D eigenvalue weighted by atomic mass is 10.1. The van der Waals surface area contributed by atoms with Gasteiger partial charge in [-0.3, -0.25) is 14.9 Å². The number of methoxy groups -OCH3 is 1. The van der Waals surface area contributed by atoms with Gasteiger partial charge in [0.2, 0.25) is 0 Å². The highest BCUT2D eigenvalue weighted by molar-refractivity contribution is 7.80. The molecule has 0 bridgehead atoms. The summed E-state index contributed by atoms with van der Waals surface area (Å²) in [7, 11) is 1.27. The fourth-order valence-corrected chi connectivity index (χ4v) is 3.27. The molecule has 0 aliphatic carbocycles. The van der Waals surface area contributed by atoms with Gasteiger partial charge in [-0.05, 0) is 67.5 Å². The van der Waals surface area contributed by atoms with Crippen LogP contribution >= 0.6 is 12.2 Å². The molecule has 0 aromatic heterocycles. The van der Waals surface area contributed by atoms with Gasteiger partial charge in [0.25, 0.3) is 11.8 Å². The molecule has 0 spiro atoms. The molecular formula is C22H23N3O5S. The second-order valence-electron chi connectivity index (χ2n) is 6.90. The number of thiocarbonyl (C=S) groups is 1. The van der Waals surface area contributed by atoms with Crippen molar-refractivity contribution in [2.45, 2.75) is 18.9 Å². The molecule has 1 fully saturated rings. The first kappa shape index (κ1) is 22.4. The minimum atomic E-state index is -0.532. The molecule has 1 atom stereocenters. The third-order valence-electron chi connectivity index (χ3n) is 4.69. The van der Waals surface area contributed by atoms with Crippen molar-refractivity contribution in [3.8, 4) is 0 Å². The van der Waals surface area contributed by atoms with Crippen LogP contribution in [0.3, 0.4) is 0 Å². The highest BCUT2D eigenvalue weighted by atomic mass is 32.1. The lowest BCUT2D eigenvalue weighted by molar-refractivity contribution is 0.0600. The largest absolute Gasteiger partial charge is 0.465 e. The number of rotatable bonds is 6. The number of carbonyl (C=O) groups is 3. The summed E-state index contributed by atoms with van der Waals surface area (Å²) in [6, 6.07) is 12.8. The zero-order chi connectivity index (χ0) is 22.2. The van der Waals surface area contributed by atoms with Crippen LogP contribution < -0.4 is 16.0 Å². The molecule has 0 saturated carbocycles. The van der Waals surface area contributed by atoms with E-state index in [4.69, 9.17) is 17.0 Å². The first-order valence-corrected chi connectivity index (χ1v) is 10.2. The van der Waals surface area contributed by atoms with Crippen LogP contribution in [0, 0.1) is 0 Å². The molecule has 0 radical (unpaired) electrons. The quantitative estimate of drug-likeness (QED) is 0.467. The second-order valence-corrected chi connectivity index (χ2v) is 7.31. The number of amides is 2. The lowest BCUT2D eigenvalue weighted by Gasteiger charge is -2.12. The van der Waals surface area contributed by atoms with Crippen molar-refractivity contribution >= 4 is 40.8 Å². The third kappa shape index (κ3) is 6.34. The van der Waals surface area contributed by atoms with E-state index in [1.807, 2.05) is 0 Å². The van der Waals surface area contributed by atoms with Crippen LogP contribution in [-0.2, 0) is 9.47 Å². The smallest absolute Gasteiger partial charge is 0.337 e. The summed E-state index contributed by atoms with van der Waals surface area (Å²) >= 11 is 5.18. The van der Waals surface area contributed by atoms with E-state index in [0.29, 0.717) is 17.8 Å². The van der Waals surface area contributed by atoms with Crippen molar-refractivity contribution in [1.82, 2.24) is 10.6 Å². The molecule has 9 heteroatoms. The van der Waals surface area contributed by atoms with Gasteiger partial charge in [-0.15, -0.1) is 0 Å². The molecule has 1 unspecified atom stereocenters. The van der Waals surface area contributed by atoms with Crippen LogP contribution in [0.15, 0.2) is 48.5 Å². The van der Waals surface area contributed by atoms with Gasteiger partial charge in [-0.1, -0.05) is 6.07 Å². The SMILES string of the molecule is COC(=O)c1cccc(C(=O)NC(=S)Nc2ccc(C(=O)NCC3CCCO3)cc2)c1. The van der Waals surface area contributed by atoms with Crippen LogP contribution in [0.2, 0.25) is 0 Å². The maximum atomic E-state index is 12.4. The molecule has 2 aromatic rings. The van der Waals surface area contributed by atoms with Crippen molar-refractivity contribution in [2.24, 2.45) is 0 Å². The van der Waals surface area contributed by atoms with E-state index in [2.05, 4.69) is 20.7 Å². The van der Waals surface area contributed by atoms with Crippen molar-refractivity contribution in [1.29, 1.82) is 0 Å². The van der Waals surface area contributed by atoms with Crippen molar-refractivity contribution in [3.05, 3.63) is 65.2 Å². The number of hydrogen-bond acceptors (Lipinski definition) is 6. The minimum absolute atomic E-state index is 0.0826. The Morgan fingerprint density at radius 3 is 2.48 bits per heavy atom. The normalized spacial score (nSPS) is 15.1. The molecule has 2 aromatic carbocycles. The molecule has 3 N–H and O–H groups in total. The molecule has 162 valence electrons. The van der Waals surface area contributed by atoms with Gasteiger partial charge in [0.15, 0.2) is 5.11 Å². The van der Waals surface area contributed by atoms with Gasteiger partial charge >= 0.3 is 5.97 Å². The molecule has 3 rings (SSSR count). The van der Waals surface area contributed by atoms with Gasteiger partial charge in [0.1, 0.15) is 0 Å². The number of benzene rings is 2. The van der Waals surface area contributed by atoms with E-state index in [0.717, 1.165) is 19.4 Å². The zero-order valence-electron chi connectivity index (χ0n) is 17.0. The van der Waals surface area contributed by atoms with Gasteiger partial charge in [-0.25, -0.2) is 4.79 Å². The number of anilines is 1. The summed E-state index contributed by atoms with van der Waals surface area (Å²) in [5.74, 6) is -1.17. The fraction of sp³-hybridized carbons (Fsp3) is 0.273. The van der Waals surface area contributed by atoms with Gasteiger partial charge in [0, 0.05) is 30.0 Å². The third-order valence-corrected chi connectivity index (χ3v) is 4.90. The topological polar surface area (TPSA) is 106 Å². The Bertz CT molecular complexity index is 971. The van der Waals surface area contributed by atoms with Crippen LogP contribution in [0.4, 0.5) is 5.69 Å². The standard InChI is InChI=1S/C22H23N3O5S/c1-29-21(28)16-5-2-4-15(12-16)20(27)25-22(31)24-17-9-7-14(8-10-17)19(26)23-13-18-6-3-11-30-18/h2,4-5,7-10,12,18H,3,6,11,13H2,1H3,(H,23,26)(H2,24,25,27,31). The molecular weight excluding hydrogens is 418 g/mol. The zero-order valence-corrected chi connectivity index (χ0v) is 17.8. The maximum absolute atomic E-state index is 12.4. The predicted octanol–water partition coefficient (Wildman–Crippen LogP) is 2.51. The Labute approximate surface area is 185 Å². The Kier molecular flexibility index (Phi) is 7.69. The monoisotopic (exact) mass is 441 g/mol. The van der Waals surface area contributed by atoms with E-state index >= 15 is 0 Å². The number of carbonyl (C=O) groups excluding carboxylic acids is 3. The number of hydrogen-bond donors (Lipinski definition) is 3. The average molecular weight is 442 g/mol. The second kappa shape index (κ2) is 10.6. The number of ether oxygens (including phenoxy) is 2. The molecule has 2 amide bonds. The van der Waals surface area contributed by atoms with E-state index in [-0.39, 0.29) is 28.3 Å². The fourth-order valence-electron chi connectivity index (χ4n) is 3.06.